The zero-order valence-electron chi connectivity index (χ0n) is 11.7. The summed E-state index contributed by atoms with van der Waals surface area (Å²) in [5, 5.41) is 2.85. The van der Waals surface area contributed by atoms with Gasteiger partial charge in [-0.15, -0.1) is 11.6 Å². The summed E-state index contributed by atoms with van der Waals surface area (Å²) in [6, 6.07) is 3.38. The fourth-order valence-corrected chi connectivity index (χ4v) is 2.00. The van der Waals surface area contributed by atoms with Crippen molar-refractivity contribution in [1.82, 2.24) is 10.2 Å². The van der Waals surface area contributed by atoms with Crippen molar-refractivity contribution in [3.8, 4) is 0 Å². The molecule has 5 heteroatoms. The molecular weight excluding hydrogens is 264 g/mol. The smallest absolute Gasteiger partial charge is 0.286 e. The standard InChI is InChI=1S/C14H23ClN2O2/c1-3-17(4-2)10-6-5-9-16-14(18)13-8-7-12(11-15)19-13/h7-8H,3-6,9-11H2,1-2H3,(H,16,18). The number of nitrogens with zero attached hydrogens (tertiary/aromatic N) is 1. The summed E-state index contributed by atoms with van der Waals surface area (Å²) in [5.74, 6) is 1.07. The van der Waals surface area contributed by atoms with E-state index in [2.05, 4.69) is 24.1 Å². The van der Waals surface area contributed by atoms with Crippen LogP contribution in [0.15, 0.2) is 16.5 Å². The SMILES string of the molecule is CCN(CC)CCCCNC(=O)c1ccc(CCl)o1. The number of amides is 1. The minimum Gasteiger partial charge on any atom is -0.455 e. The first kappa shape index (κ1) is 16.1. The summed E-state index contributed by atoms with van der Waals surface area (Å²) >= 11 is 5.62. The Morgan fingerprint density at radius 2 is 2.05 bits per heavy atom. The van der Waals surface area contributed by atoms with E-state index in [1.54, 1.807) is 12.1 Å². The van der Waals surface area contributed by atoms with E-state index in [0.717, 1.165) is 32.5 Å². The van der Waals surface area contributed by atoms with Crippen LogP contribution in [0.25, 0.3) is 0 Å². The number of hydrogen-bond acceptors (Lipinski definition) is 3. The molecule has 1 aromatic heterocycles. The fourth-order valence-electron chi connectivity index (χ4n) is 1.86. The normalized spacial score (nSPS) is 10.9. The number of halogens is 1. The molecule has 0 aromatic carbocycles. The molecule has 0 spiro atoms. The van der Waals surface area contributed by atoms with Gasteiger partial charge in [0.05, 0.1) is 5.88 Å². The van der Waals surface area contributed by atoms with E-state index in [9.17, 15) is 4.79 Å². The average molecular weight is 287 g/mol. The quantitative estimate of drug-likeness (QED) is 0.561. The molecule has 1 rings (SSSR count). The highest BCUT2D eigenvalue weighted by Crippen LogP contribution is 2.09. The fraction of sp³-hybridized carbons (Fsp3) is 0.643. The van der Waals surface area contributed by atoms with E-state index >= 15 is 0 Å². The third-order valence-electron chi connectivity index (χ3n) is 3.10. The molecule has 1 amide bonds. The second-order valence-corrected chi connectivity index (χ2v) is 4.66. The molecule has 108 valence electrons. The van der Waals surface area contributed by atoms with Gasteiger partial charge in [-0.3, -0.25) is 4.79 Å². The third kappa shape index (κ3) is 5.66. The van der Waals surface area contributed by atoms with E-state index in [-0.39, 0.29) is 11.8 Å². The number of carbonyl (C=O) groups excluding carboxylic acids is 1. The number of unbranched alkanes of at least 4 members (excludes halogenated alkanes) is 1. The van der Waals surface area contributed by atoms with E-state index in [4.69, 9.17) is 16.0 Å². The molecule has 0 saturated carbocycles. The van der Waals surface area contributed by atoms with Crippen LogP contribution in [0, 0.1) is 0 Å². The van der Waals surface area contributed by atoms with Crippen LogP contribution in [-0.4, -0.2) is 37.0 Å². The van der Waals surface area contributed by atoms with Crippen LogP contribution in [0.1, 0.15) is 43.0 Å². The van der Waals surface area contributed by atoms with Gasteiger partial charge in [0.25, 0.3) is 5.91 Å². The lowest BCUT2D eigenvalue weighted by molar-refractivity contribution is 0.0923. The number of alkyl halides is 1. The Balaban J connectivity index is 2.17. The van der Waals surface area contributed by atoms with Crippen LogP contribution >= 0.6 is 11.6 Å². The lowest BCUT2D eigenvalue weighted by Gasteiger charge is -2.17. The van der Waals surface area contributed by atoms with Gasteiger partial charge in [-0.05, 0) is 44.6 Å². The molecule has 0 unspecified atom stereocenters. The summed E-state index contributed by atoms with van der Waals surface area (Å²) in [6.45, 7) is 8.25. The zero-order valence-corrected chi connectivity index (χ0v) is 12.5. The number of rotatable bonds is 9. The molecule has 0 fully saturated rings. The topological polar surface area (TPSA) is 45.5 Å². The third-order valence-corrected chi connectivity index (χ3v) is 3.36. The Labute approximate surface area is 120 Å². The molecule has 19 heavy (non-hydrogen) atoms. The van der Waals surface area contributed by atoms with E-state index in [1.807, 2.05) is 0 Å². The molecule has 0 aliphatic rings. The minimum atomic E-state index is -0.167. The van der Waals surface area contributed by atoms with Crippen molar-refractivity contribution in [2.45, 2.75) is 32.6 Å². The Morgan fingerprint density at radius 1 is 1.32 bits per heavy atom. The Hall–Kier alpha value is -1.00. The molecule has 1 aromatic rings. The van der Waals surface area contributed by atoms with Gasteiger partial charge in [0.2, 0.25) is 0 Å². The largest absolute Gasteiger partial charge is 0.455 e. The van der Waals surface area contributed by atoms with Gasteiger partial charge < -0.3 is 14.6 Å². The molecule has 0 bridgehead atoms. The molecule has 0 atom stereocenters. The molecule has 0 aliphatic heterocycles. The van der Waals surface area contributed by atoms with Gasteiger partial charge >= 0.3 is 0 Å². The molecule has 0 radical (unpaired) electrons. The molecule has 4 nitrogen and oxygen atoms in total. The van der Waals surface area contributed by atoms with Crippen molar-refractivity contribution in [2.24, 2.45) is 0 Å². The van der Waals surface area contributed by atoms with Crippen molar-refractivity contribution in [3.63, 3.8) is 0 Å². The van der Waals surface area contributed by atoms with Crippen LogP contribution in [0.4, 0.5) is 0 Å². The van der Waals surface area contributed by atoms with Crippen molar-refractivity contribution >= 4 is 17.5 Å². The number of hydrogen-bond donors (Lipinski definition) is 1. The van der Waals surface area contributed by atoms with Crippen LogP contribution < -0.4 is 5.32 Å². The van der Waals surface area contributed by atoms with Crippen molar-refractivity contribution in [1.29, 1.82) is 0 Å². The first-order chi connectivity index (χ1) is 9.21. The van der Waals surface area contributed by atoms with E-state index in [1.165, 1.54) is 0 Å². The van der Waals surface area contributed by atoms with Gasteiger partial charge in [-0.1, -0.05) is 13.8 Å². The summed E-state index contributed by atoms with van der Waals surface area (Å²) < 4.78 is 5.27. The molecule has 1 N–H and O–H groups in total. The highest BCUT2D eigenvalue weighted by Gasteiger charge is 2.09. The van der Waals surface area contributed by atoms with Crippen molar-refractivity contribution < 1.29 is 9.21 Å². The van der Waals surface area contributed by atoms with Crippen LogP contribution in [-0.2, 0) is 5.88 Å². The second kappa shape index (κ2) is 8.99. The van der Waals surface area contributed by atoms with Gasteiger partial charge in [-0.2, -0.15) is 0 Å². The van der Waals surface area contributed by atoms with E-state index in [0.29, 0.717) is 18.1 Å². The molecule has 0 aliphatic carbocycles. The molecule has 0 saturated heterocycles. The first-order valence-electron chi connectivity index (χ1n) is 6.86. The second-order valence-electron chi connectivity index (χ2n) is 4.39. The molecular formula is C14H23ClN2O2. The summed E-state index contributed by atoms with van der Waals surface area (Å²) in [5.41, 5.74) is 0. The summed E-state index contributed by atoms with van der Waals surface area (Å²) in [4.78, 5) is 14.1. The Bertz CT molecular complexity index is 375. The van der Waals surface area contributed by atoms with Crippen LogP contribution in [0.3, 0.4) is 0 Å². The van der Waals surface area contributed by atoms with Crippen molar-refractivity contribution in [2.75, 3.05) is 26.2 Å². The maximum atomic E-state index is 11.7. The van der Waals surface area contributed by atoms with Gasteiger partial charge in [0.1, 0.15) is 5.76 Å². The van der Waals surface area contributed by atoms with Gasteiger partial charge in [0, 0.05) is 6.54 Å². The van der Waals surface area contributed by atoms with Crippen LogP contribution in [0.5, 0.6) is 0 Å². The van der Waals surface area contributed by atoms with Crippen LogP contribution in [0.2, 0.25) is 0 Å². The maximum absolute atomic E-state index is 11.7. The minimum absolute atomic E-state index is 0.167. The highest BCUT2D eigenvalue weighted by molar-refractivity contribution is 6.16. The van der Waals surface area contributed by atoms with Crippen molar-refractivity contribution in [3.05, 3.63) is 23.7 Å². The first-order valence-corrected chi connectivity index (χ1v) is 7.39. The maximum Gasteiger partial charge on any atom is 0.286 e. The zero-order chi connectivity index (χ0) is 14.1. The van der Waals surface area contributed by atoms with Gasteiger partial charge in [0.15, 0.2) is 5.76 Å². The Morgan fingerprint density at radius 3 is 2.63 bits per heavy atom. The number of carbonyl (C=O) groups is 1. The van der Waals surface area contributed by atoms with E-state index < -0.39 is 0 Å². The predicted octanol–water partition coefficient (Wildman–Crippen LogP) is 2.87. The Kier molecular flexibility index (Phi) is 7.60. The summed E-state index contributed by atoms with van der Waals surface area (Å²) in [6.07, 6.45) is 2.07. The highest BCUT2D eigenvalue weighted by atomic mass is 35.5. The molecule has 1 heterocycles. The number of nitrogens with one attached hydrogen (secondary N) is 1. The number of furan rings is 1. The lowest BCUT2D eigenvalue weighted by Crippen LogP contribution is -2.27. The summed E-state index contributed by atoms with van der Waals surface area (Å²) in [7, 11) is 0. The average Bonchev–Trinajstić information content (AvgIpc) is 2.91. The van der Waals surface area contributed by atoms with Gasteiger partial charge in [-0.25, -0.2) is 0 Å². The monoisotopic (exact) mass is 286 g/mol. The predicted molar refractivity (Wildman–Crippen MR) is 77.6 cm³/mol. The lowest BCUT2D eigenvalue weighted by atomic mass is 10.3.